The molecule has 1 aliphatic rings. The quantitative estimate of drug-likeness (QED) is 0.899. The summed E-state index contributed by atoms with van der Waals surface area (Å²) < 4.78 is 4.84. The van der Waals surface area contributed by atoms with Crippen LogP contribution < -0.4 is 5.32 Å². The first-order valence-electron chi connectivity index (χ1n) is 7.39. The van der Waals surface area contributed by atoms with Gasteiger partial charge in [-0.05, 0) is 13.5 Å². The minimum absolute atomic E-state index is 0.0814. The summed E-state index contributed by atoms with van der Waals surface area (Å²) in [6, 6.07) is -0.0813. The Labute approximate surface area is 128 Å². The number of likely N-dealkylation sites (N-methyl/N-ethyl adjacent to an activating group) is 1. The van der Waals surface area contributed by atoms with Gasteiger partial charge in [0.05, 0.1) is 6.04 Å². The van der Waals surface area contributed by atoms with E-state index < -0.39 is 0 Å². The Kier molecular flexibility index (Phi) is 4.10. The molecule has 8 nitrogen and oxygen atoms in total. The summed E-state index contributed by atoms with van der Waals surface area (Å²) in [6.45, 7) is 6.95. The predicted molar refractivity (Wildman–Crippen MR) is 80.4 cm³/mol. The molecule has 2 aromatic heterocycles. The number of aryl methyl sites for hydroxylation is 1. The van der Waals surface area contributed by atoms with E-state index in [0.29, 0.717) is 18.9 Å². The summed E-state index contributed by atoms with van der Waals surface area (Å²) >= 11 is 0. The van der Waals surface area contributed by atoms with Crippen molar-refractivity contribution < 1.29 is 9.32 Å². The van der Waals surface area contributed by atoms with E-state index in [2.05, 4.69) is 32.3 Å². The number of nitrogens with one attached hydrogen (secondary N) is 2. The average Bonchev–Trinajstić information content (AvgIpc) is 3.19. The number of H-pyrrole nitrogens is 1. The number of hydrogen-bond acceptors (Lipinski definition) is 5. The molecule has 0 aliphatic carbocycles. The van der Waals surface area contributed by atoms with E-state index in [1.54, 1.807) is 17.3 Å². The lowest BCUT2D eigenvalue weighted by molar-refractivity contribution is 0.0946. The third kappa shape index (κ3) is 2.82. The van der Waals surface area contributed by atoms with Gasteiger partial charge < -0.3 is 14.4 Å². The van der Waals surface area contributed by atoms with Gasteiger partial charge in [0.1, 0.15) is 12.1 Å². The van der Waals surface area contributed by atoms with Gasteiger partial charge in [0, 0.05) is 37.6 Å². The van der Waals surface area contributed by atoms with Gasteiger partial charge in [-0.15, -0.1) is 0 Å². The summed E-state index contributed by atoms with van der Waals surface area (Å²) in [4.78, 5) is 24.0. The van der Waals surface area contributed by atoms with Crippen molar-refractivity contribution in [2.45, 2.75) is 19.9 Å². The van der Waals surface area contributed by atoms with Gasteiger partial charge in [-0.3, -0.25) is 10.2 Å². The molecule has 22 heavy (non-hydrogen) atoms. The molecule has 2 N–H and O–H groups in total. The lowest BCUT2D eigenvalue weighted by Gasteiger charge is -2.39. The molecule has 1 aliphatic heterocycles. The summed E-state index contributed by atoms with van der Waals surface area (Å²) in [6.07, 6.45) is 5.05. The number of hydrogen-bond donors (Lipinski definition) is 2. The van der Waals surface area contributed by atoms with Crippen LogP contribution in [0.5, 0.6) is 0 Å². The summed E-state index contributed by atoms with van der Waals surface area (Å²) in [5.74, 6) is 1.36. The first-order chi connectivity index (χ1) is 10.7. The van der Waals surface area contributed by atoms with Crippen LogP contribution >= 0.6 is 0 Å². The number of aromatic nitrogens is 3. The van der Waals surface area contributed by atoms with Crippen molar-refractivity contribution >= 4 is 11.8 Å². The number of carbonyl (C=O) groups is 1. The minimum Gasteiger partial charge on any atom is -0.362 e. The fourth-order valence-electron chi connectivity index (χ4n) is 2.69. The molecule has 1 atom stereocenters. The highest BCUT2D eigenvalue weighted by molar-refractivity contribution is 5.89. The Hall–Kier alpha value is -2.35. The molecular formula is C14H20N6O2. The molecule has 0 spiro atoms. The third-order valence-electron chi connectivity index (χ3n) is 3.99. The number of nitrogens with zero attached hydrogens (tertiary/aromatic N) is 4. The van der Waals surface area contributed by atoms with Crippen molar-refractivity contribution in [1.82, 2.24) is 24.9 Å². The van der Waals surface area contributed by atoms with Crippen molar-refractivity contribution in [2.75, 3.05) is 31.5 Å². The Morgan fingerprint density at radius 3 is 3.05 bits per heavy atom. The standard InChI is InChI=1S/C14H20N6O2/c1-3-19-6-7-20(8-11(19)13-15-4-5-16-13)14(21)17-12-10(2)9-22-18-12/h4-5,9,11H,3,6-8H2,1-2H3,(H,15,16)(H,17,18,21)/t11-/m0/s1. The second kappa shape index (κ2) is 6.18. The van der Waals surface area contributed by atoms with E-state index in [1.807, 2.05) is 6.92 Å². The zero-order valence-corrected chi connectivity index (χ0v) is 12.7. The Morgan fingerprint density at radius 2 is 2.41 bits per heavy atom. The van der Waals surface area contributed by atoms with Crippen LogP contribution in [-0.4, -0.2) is 57.1 Å². The van der Waals surface area contributed by atoms with Crippen LogP contribution in [0.2, 0.25) is 0 Å². The maximum atomic E-state index is 12.4. The lowest BCUT2D eigenvalue weighted by Crippen LogP contribution is -2.51. The van der Waals surface area contributed by atoms with Crippen molar-refractivity contribution in [2.24, 2.45) is 0 Å². The van der Waals surface area contributed by atoms with Gasteiger partial charge in [-0.2, -0.15) is 0 Å². The fourth-order valence-corrected chi connectivity index (χ4v) is 2.69. The fraction of sp³-hybridized carbons (Fsp3) is 0.500. The van der Waals surface area contributed by atoms with Crippen LogP contribution in [0, 0.1) is 6.92 Å². The molecular weight excluding hydrogens is 284 g/mol. The first kappa shape index (κ1) is 14.6. The van der Waals surface area contributed by atoms with E-state index >= 15 is 0 Å². The number of aromatic amines is 1. The van der Waals surface area contributed by atoms with Gasteiger partial charge in [-0.1, -0.05) is 12.1 Å². The normalized spacial score (nSPS) is 19.4. The zero-order chi connectivity index (χ0) is 15.5. The number of imidazole rings is 1. The molecule has 2 amide bonds. The molecule has 0 bridgehead atoms. The molecule has 3 rings (SSSR count). The second-order valence-electron chi connectivity index (χ2n) is 5.34. The largest absolute Gasteiger partial charge is 0.362 e. The predicted octanol–water partition coefficient (Wildman–Crippen LogP) is 1.62. The van der Waals surface area contributed by atoms with Crippen LogP contribution in [-0.2, 0) is 0 Å². The Balaban J connectivity index is 1.70. The highest BCUT2D eigenvalue weighted by Gasteiger charge is 2.31. The van der Waals surface area contributed by atoms with Crippen molar-refractivity contribution in [3.63, 3.8) is 0 Å². The molecule has 8 heteroatoms. The van der Waals surface area contributed by atoms with Gasteiger partial charge in [-0.25, -0.2) is 9.78 Å². The monoisotopic (exact) mass is 304 g/mol. The van der Waals surface area contributed by atoms with Crippen LogP contribution in [0.3, 0.4) is 0 Å². The van der Waals surface area contributed by atoms with Crippen molar-refractivity contribution in [1.29, 1.82) is 0 Å². The number of anilines is 1. The van der Waals surface area contributed by atoms with Crippen molar-refractivity contribution in [3.8, 4) is 0 Å². The zero-order valence-electron chi connectivity index (χ0n) is 12.7. The maximum absolute atomic E-state index is 12.4. The van der Waals surface area contributed by atoms with Gasteiger partial charge in [0.2, 0.25) is 0 Å². The van der Waals surface area contributed by atoms with E-state index in [1.165, 1.54) is 6.26 Å². The summed E-state index contributed by atoms with van der Waals surface area (Å²) in [5, 5.41) is 6.58. The Bertz CT molecular complexity index is 623. The van der Waals surface area contributed by atoms with Crippen LogP contribution in [0.15, 0.2) is 23.2 Å². The van der Waals surface area contributed by atoms with E-state index in [9.17, 15) is 4.79 Å². The molecule has 1 saturated heterocycles. The molecule has 3 heterocycles. The van der Waals surface area contributed by atoms with Crippen LogP contribution in [0.4, 0.5) is 10.6 Å². The summed E-state index contributed by atoms with van der Waals surface area (Å²) in [7, 11) is 0. The van der Waals surface area contributed by atoms with E-state index in [0.717, 1.165) is 24.5 Å². The smallest absolute Gasteiger partial charge is 0.323 e. The number of piperazine rings is 1. The van der Waals surface area contributed by atoms with E-state index in [-0.39, 0.29) is 12.1 Å². The molecule has 0 saturated carbocycles. The summed E-state index contributed by atoms with van der Waals surface area (Å²) in [5.41, 5.74) is 0.808. The number of rotatable bonds is 3. The van der Waals surface area contributed by atoms with Crippen LogP contribution in [0.1, 0.15) is 24.4 Å². The molecule has 0 aromatic carbocycles. The number of amides is 2. The minimum atomic E-state index is -0.163. The Morgan fingerprint density at radius 1 is 1.55 bits per heavy atom. The lowest BCUT2D eigenvalue weighted by atomic mass is 10.1. The number of carbonyl (C=O) groups excluding carboxylic acids is 1. The first-order valence-corrected chi connectivity index (χ1v) is 7.39. The topological polar surface area (TPSA) is 90.3 Å². The van der Waals surface area contributed by atoms with Gasteiger partial charge >= 0.3 is 6.03 Å². The third-order valence-corrected chi connectivity index (χ3v) is 3.99. The second-order valence-corrected chi connectivity index (χ2v) is 5.34. The molecule has 2 aromatic rings. The number of urea groups is 1. The molecule has 0 radical (unpaired) electrons. The van der Waals surface area contributed by atoms with Crippen LogP contribution in [0.25, 0.3) is 0 Å². The van der Waals surface area contributed by atoms with Gasteiger partial charge in [0.25, 0.3) is 0 Å². The van der Waals surface area contributed by atoms with Gasteiger partial charge in [0.15, 0.2) is 5.82 Å². The van der Waals surface area contributed by atoms with E-state index in [4.69, 9.17) is 4.52 Å². The molecule has 0 unspecified atom stereocenters. The molecule has 1 fully saturated rings. The molecule has 118 valence electrons. The maximum Gasteiger partial charge on any atom is 0.323 e. The highest BCUT2D eigenvalue weighted by Crippen LogP contribution is 2.23. The highest BCUT2D eigenvalue weighted by atomic mass is 16.5. The van der Waals surface area contributed by atoms with Crippen molar-refractivity contribution in [3.05, 3.63) is 30.0 Å². The average molecular weight is 304 g/mol. The SMILES string of the molecule is CCN1CCN(C(=O)Nc2nocc2C)C[C@H]1c1ncc[nH]1.